The molecular weight excluding hydrogens is 373 g/mol. The molecule has 0 saturated carbocycles. The first-order valence-corrected chi connectivity index (χ1v) is 8.48. The molecule has 7 heteroatoms. The monoisotopic (exact) mass is 390 g/mol. The van der Waals surface area contributed by atoms with Gasteiger partial charge in [-0.05, 0) is 53.5 Å². The van der Waals surface area contributed by atoms with Crippen molar-refractivity contribution in [2.75, 3.05) is 13.1 Å². The van der Waals surface area contributed by atoms with Crippen LogP contribution in [0.3, 0.4) is 0 Å². The molecular formula is C16H18BrF3N2O. The predicted molar refractivity (Wildman–Crippen MR) is 85.3 cm³/mol. The number of likely N-dealkylation sites (tertiary alicyclic amines) is 1. The molecule has 1 unspecified atom stereocenters. The highest BCUT2D eigenvalue weighted by atomic mass is 79.9. The van der Waals surface area contributed by atoms with Crippen molar-refractivity contribution in [3.05, 3.63) is 35.4 Å². The molecule has 2 aliphatic rings. The van der Waals surface area contributed by atoms with Crippen LogP contribution in [0, 0.1) is 5.92 Å². The van der Waals surface area contributed by atoms with Gasteiger partial charge < -0.3 is 4.84 Å². The first-order chi connectivity index (χ1) is 10.9. The zero-order valence-corrected chi connectivity index (χ0v) is 14.1. The topological polar surface area (TPSA) is 24.8 Å². The number of hydrogen-bond acceptors (Lipinski definition) is 3. The minimum Gasteiger partial charge on any atom is -0.391 e. The van der Waals surface area contributed by atoms with E-state index in [4.69, 9.17) is 4.84 Å². The van der Waals surface area contributed by atoms with E-state index in [1.54, 1.807) is 12.1 Å². The van der Waals surface area contributed by atoms with Gasteiger partial charge in [0.25, 0.3) is 0 Å². The SMILES string of the molecule is FC(F)(F)c1ccccc1CN1CCC(C2CC(Br)=NO2)CC1. The Labute approximate surface area is 141 Å². The quantitative estimate of drug-likeness (QED) is 0.763. The molecule has 0 aliphatic carbocycles. The second-order valence-corrected chi connectivity index (χ2v) is 7.00. The number of hydrogen-bond donors (Lipinski definition) is 0. The van der Waals surface area contributed by atoms with Crippen molar-refractivity contribution in [1.29, 1.82) is 0 Å². The van der Waals surface area contributed by atoms with E-state index in [1.807, 2.05) is 0 Å². The molecule has 0 spiro atoms. The van der Waals surface area contributed by atoms with E-state index in [0.29, 0.717) is 18.0 Å². The second-order valence-electron chi connectivity index (χ2n) is 6.08. The Morgan fingerprint density at radius 1 is 1.22 bits per heavy atom. The van der Waals surface area contributed by atoms with Crippen molar-refractivity contribution in [3.63, 3.8) is 0 Å². The lowest BCUT2D eigenvalue weighted by Crippen LogP contribution is -2.37. The molecule has 1 aromatic rings. The largest absolute Gasteiger partial charge is 0.416 e. The molecule has 0 bridgehead atoms. The van der Waals surface area contributed by atoms with Crippen LogP contribution in [0.5, 0.6) is 0 Å². The molecule has 3 rings (SSSR count). The van der Waals surface area contributed by atoms with E-state index >= 15 is 0 Å². The summed E-state index contributed by atoms with van der Waals surface area (Å²) in [6.07, 6.45) is -1.55. The van der Waals surface area contributed by atoms with Crippen LogP contribution in [0.2, 0.25) is 0 Å². The summed E-state index contributed by atoms with van der Waals surface area (Å²) in [5.41, 5.74) is -0.180. The summed E-state index contributed by atoms with van der Waals surface area (Å²) in [6.45, 7) is 1.91. The van der Waals surface area contributed by atoms with Crippen LogP contribution >= 0.6 is 15.9 Å². The smallest absolute Gasteiger partial charge is 0.391 e. The van der Waals surface area contributed by atoms with Gasteiger partial charge in [-0.2, -0.15) is 13.2 Å². The molecule has 1 saturated heterocycles. The summed E-state index contributed by atoms with van der Waals surface area (Å²) in [5.74, 6) is 0.419. The van der Waals surface area contributed by atoms with E-state index in [1.165, 1.54) is 6.07 Å². The molecule has 23 heavy (non-hydrogen) atoms. The Kier molecular flexibility index (Phi) is 4.96. The van der Waals surface area contributed by atoms with E-state index in [-0.39, 0.29) is 6.10 Å². The van der Waals surface area contributed by atoms with E-state index in [9.17, 15) is 13.2 Å². The number of rotatable bonds is 3. The summed E-state index contributed by atoms with van der Waals surface area (Å²) in [5, 5.41) is 3.91. The molecule has 2 aliphatic heterocycles. The molecule has 1 atom stereocenters. The molecule has 1 aromatic carbocycles. The van der Waals surface area contributed by atoms with Crippen molar-refractivity contribution in [3.8, 4) is 0 Å². The van der Waals surface area contributed by atoms with Gasteiger partial charge in [-0.1, -0.05) is 23.4 Å². The lowest BCUT2D eigenvalue weighted by Gasteiger charge is -2.34. The van der Waals surface area contributed by atoms with Crippen molar-refractivity contribution < 1.29 is 18.0 Å². The molecule has 0 N–H and O–H groups in total. The van der Waals surface area contributed by atoms with Crippen molar-refractivity contribution in [1.82, 2.24) is 4.90 Å². The summed E-state index contributed by atoms with van der Waals surface area (Å²) in [7, 11) is 0. The first-order valence-electron chi connectivity index (χ1n) is 7.69. The van der Waals surface area contributed by atoms with Crippen LogP contribution in [0.25, 0.3) is 0 Å². The third kappa shape index (κ3) is 4.07. The fourth-order valence-corrected chi connectivity index (χ4v) is 3.68. The van der Waals surface area contributed by atoms with Gasteiger partial charge in [0, 0.05) is 18.9 Å². The third-order valence-corrected chi connectivity index (χ3v) is 5.00. The first kappa shape index (κ1) is 16.8. The summed E-state index contributed by atoms with van der Waals surface area (Å²) in [4.78, 5) is 7.49. The Bertz CT molecular complexity index is 583. The minimum atomic E-state index is -4.30. The van der Waals surface area contributed by atoms with Crippen molar-refractivity contribution >= 4 is 20.6 Å². The molecule has 0 aromatic heterocycles. The molecule has 0 radical (unpaired) electrons. The van der Waals surface area contributed by atoms with Gasteiger partial charge in [-0.15, -0.1) is 0 Å². The van der Waals surface area contributed by atoms with Crippen molar-refractivity contribution in [2.45, 2.75) is 38.1 Å². The number of oxime groups is 1. The van der Waals surface area contributed by atoms with Gasteiger partial charge in [0.2, 0.25) is 0 Å². The average Bonchev–Trinajstić information content (AvgIpc) is 2.94. The molecule has 126 valence electrons. The maximum absolute atomic E-state index is 13.1. The molecule has 1 fully saturated rings. The Morgan fingerprint density at radius 2 is 1.91 bits per heavy atom. The standard InChI is InChI=1S/C16H18BrF3N2O/c17-15-9-14(23-21-15)11-5-7-22(8-6-11)10-12-3-1-2-4-13(12)16(18,19)20/h1-4,11,14H,5-10H2. The fraction of sp³-hybridized carbons (Fsp3) is 0.562. The van der Waals surface area contributed by atoms with Gasteiger partial charge in [-0.3, -0.25) is 4.90 Å². The fourth-order valence-electron chi connectivity index (χ4n) is 3.28. The normalized spacial score (nSPS) is 23.7. The van der Waals surface area contributed by atoms with E-state index < -0.39 is 11.7 Å². The maximum Gasteiger partial charge on any atom is 0.416 e. The number of nitrogens with zero attached hydrogens (tertiary/aromatic N) is 2. The van der Waals surface area contributed by atoms with Crippen LogP contribution in [0.15, 0.2) is 29.4 Å². The van der Waals surface area contributed by atoms with Crippen LogP contribution in [-0.4, -0.2) is 28.7 Å². The second kappa shape index (κ2) is 6.81. The zero-order valence-electron chi connectivity index (χ0n) is 12.5. The lowest BCUT2D eigenvalue weighted by molar-refractivity contribution is -0.138. The Balaban J connectivity index is 1.57. The number of benzene rings is 1. The van der Waals surface area contributed by atoms with Gasteiger partial charge >= 0.3 is 6.18 Å². The van der Waals surface area contributed by atoms with E-state index in [0.717, 1.165) is 43.0 Å². The lowest BCUT2D eigenvalue weighted by atomic mass is 9.89. The number of piperidine rings is 1. The van der Waals surface area contributed by atoms with Gasteiger partial charge in [0.05, 0.1) is 5.56 Å². The third-order valence-electron chi connectivity index (χ3n) is 4.53. The van der Waals surface area contributed by atoms with Crippen LogP contribution in [0.1, 0.15) is 30.4 Å². The van der Waals surface area contributed by atoms with Gasteiger partial charge in [-0.25, -0.2) is 0 Å². The van der Waals surface area contributed by atoms with Crippen LogP contribution in [0.4, 0.5) is 13.2 Å². The van der Waals surface area contributed by atoms with Crippen LogP contribution in [-0.2, 0) is 17.6 Å². The highest BCUT2D eigenvalue weighted by Crippen LogP contribution is 2.34. The molecule has 0 amide bonds. The summed E-state index contributed by atoms with van der Waals surface area (Å²) < 4.78 is 40.0. The Morgan fingerprint density at radius 3 is 2.52 bits per heavy atom. The van der Waals surface area contributed by atoms with Crippen molar-refractivity contribution in [2.24, 2.45) is 11.1 Å². The minimum absolute atomic E-state index is 0.106. The number of halogens is 4. The maximum atomic E-state index is 13.1. The van der Waals surface area contributed by atoms with Crippen LogP contribution < -0.4 is 0 Å². The van der Waals surface area contributed by atoms with Gasteiger partial charge in [0.15, 0.2) is 0 Å². The number of alkyl halides is 3. The molecule has 2 heterocycles. The molecule has 3 nitrogen and oxygen atoms in total. The predicted octanol–water partition coefficient (Wildman–Crippen LogP) is 4.41. The average molecular weight is 391 g/mol. The highest BCUT2D eigenvalue weighted by Gasteiger charge is 2.35. The zero-order chi connectivity index (χ0) is 16.4. The Hall–Kier alpha value is -1.08. The highest BCUT2D eigenvalue weighted by molar-refractivity contribution is 9.18. The summed E-state index contributed by atoms with van der Waals surface area (Å²) in [6, 6.07) is 5.83. The van der Waals surface area contributed by atoms with Gasteiger partial charge in [0.1, 0.15) is 10.7 Å². The van der Waals surface area contributed by atoms with E-state index in [2.05, 4.69) is 26.0 Å². The summed E-state index contributed by atoms with van der Waals surface area (Å²) >= 11 is 3.34.